The van der Waals surface area contributed by atoms with Gasteiger partial charge in [0.25, 0.3) is 0 Å². The lowest BCUT2D eigenvalue weighted by molar-refractivity contribution is 0.371. The zero-order chi connectivity index (χ0) is 11.4. The van der Waals surface area contributed by atoms with Gasteiger partial charge in [0.05, 0.1) is 5.01 Å². The Kier molecular flexibility index (Phi) is 4.74. The van der Waals surface area contributed by atoms with Gasteiger partial charge in [-0.3, -0.25) is 0 Å². The van der Waals surface area contributed by atoms with Crippen LogP contribution in [0.2, 0.25) is 0 Å². The minimum atomic E-state index is 0.550. The normalized spacial score (nSPS) is 15.6. The van der Waals surface area contributed by atoms with Crippen LogP contribution in [0.5, 0.6) is 0 Å². The standard InChI is InChI=1S/C12H22N2S/c1-8(2)13-11(5)9(3)6-12-14-10(4)7-15-12/h7-9,11,13H,6H2,1-5H3. The molecule has 15 heavy (non-hydrogen) atoms. The molecular weight excluding hydrogens is 204 g/mol. The predicted octanol–water partition coefficient (Wildman–Crippen LogP) is 3.02. The Labute approximate surface area is 97.1 Å². The summed E-state index contributed by atoms with van der Waals surface area (Å²) in [6, 6.07) is 1.11. The van der Waals surface area contributed by atoms with Crippen LogP contribution >= 0.6 is 11.3 Å². The highest BCUT2D eigenvalue weighted by Gasteiger charge is 2.14. The first-order valence-electron chi connectivity index (χ1n) is 5.66. The first-order chi connectivity index (χ1) is 6.99. The van der Waals surface area contributed by atoms with E-state index in [1.165, 1.54) is 5.01 Å². The molecule has 0 radical (unpaired) electrons. The molecule has 86 valence electrons. The van der Waals surface area contributed by atoms with Crippen molar-refractivity contribution in [3.63, 3.8) is 0 Å². The minimum absolute atomic E-state index is 0.550. The third kappa shape index (κ3) is 4.31. The molecule has 1 rings (SSSR count). The molecule has 0 saturated heterocycles. The number of hydrogen-bond acceptors (Lipinski definition) is 3. The molecule has 0 aliphatic heterocycles. The zero-order valence-corrected chi connectivity index (χ0v) is 11.2. The van der Waals surface area contributed by atoms with Gasteiger partial charge in [-0.25, -0.2) is 4.98 Å². The third-order valence-electron chi connectivity index (χ3n) is 2.61. The molecule has 1 aromatic rings. The van der Waals surface area contributed by atoms with Gasteiger partial charge in [-0.15, -0.1) is 11.3 Å². The zero-order valence-electron chi connectivity index (χ0n) is 10.4. The van der Waals surface area contributed by atoms with Crippen LogP contribution in [-0.4, -0.2) is 17.1 Å². The summed E-state index contributed by atoms with van der Waals surface area (Å²) in [5.41, 5.74) is 1.15. The molecule has 2 atom stereocenters. The number of nitrogens with one attached hydrogen (secondary N) is 1. The Morgan fingerprint density at radius 1 is 1.33 bits per heavy atom. The first kappa shape index (κ1) is 12.7. The van der Waals surface area contributed by atoms with Gasteiger partial charge in [-0.2, -0.15) is 0 Å². The van der Waals surface area contributed by atoms with E-state index in [0.717, 1.165) is 12.1 Å². The Morgan fingerprint density at radius 2 is 2.00 bits per heavy atom. The molecule has 1 N–H and O–H groups in total. The fourth-order valence-corrected chi connectivity index (χ4v) is 2.55. The SMILES string of the molecule is Cc1csc(CC(C)C(C)NC(C)C)n1. The highest BCUT2D eigenvalue weighted by molar-refractivity contribution is 7.09. The lowest BCUT2D eigenvalue weighted by Crippen LogP contribution is -2.37. The maximum absolute atomic E-state index is 4.50. The van der Waals surface area contributed by atoms with Crippen LogP contribution < -0.4 is 5.32 Å². The number of aryl methyl sites for hydroxylation is 1. The fraction of sp³-hybridized carbons (Fsp3) is 0.750. The maximum Gasteiger partial charge on any atom is 0.0931 e. The summed E-state index contributed by atoms with van der Waals surface area (Å²) in [6.07, 6.45) is 1.08. The van der Waals surface area contributed by atoms with E-state index < -0.39 is 0 Å². The van der Waals surface area contributed by atoms with E-state index in [9.17, 15) is 0 Å². The summed E-state index contributed by atoms with van der Waals surface area (Å²) in [7, 11) is 0. The Bertz CT molecular complexity index is 294. The highest BCUT2D eigenvalue weighted by atomic mass is 32.1. The number of aromatic nitrogens is 1. The van der Waals surface area contributed by atoms with Crippen molar-refractivity contribution in [2.75, 3.05) is 0 Å². The summed E-state index contributed by atoms with van der Waals surface area (Å²) in [4.78, 5) is 4.50. The molecule has 0 amide bonds. The minimum Gasteiger partial charge on any atom is -0.312 e. The summed E-state index contributed by atoms with van der Waals surface area (Å²) in [5.74, 6) is 0.637. The van der Waals surface area contributed by atoms with Gasteiger partial charge in [-0.1, -0.05) is 20.8 Å². The van der Waals surface area contributed by atoms with Crippen LogP contribution in [0.15, 0.2) is 5.38 Å². The molecule has 3 heteroatoms. The van der Waals surface area contributed by atoms with Gasteiger partial charge < -0.3 is 5.32 Å². The first-order valence-corrected chi connectivity index (χ1v) is 6.54. The summed E-state index contributed by atoms with van der Waals surface area (Å²) in [6.45, 7) is 11.0. The van der Waals surface area contributed by atoms with E-state index >= 15 is 0 Å². The predicted molar refractivity (Wildman–Crippen MR) is 67.5 cm³/mol. The molecule has 1 aromatic heterocycles. The smallest absolute Gasteiger partial charge is 0.0931 e. The van der Waals surface area contributed by atoms with Crippen molar-refractivity contribution in [1.29, 1.82) is 0 Å². The Balaban J connectivity index is 2.44. The Morgan fingerprint density at radius 3 is 2.47 bits per heavy atom. The molecule has 0 saturated carbocycles. The van der Waals surface area contributed by atoms with Gasteiger partial charge in [0.1, 0.15) is 0 Å². The number of thiazole rings is 1. The van der Waals surface area contributed by atoms with Crippen molar-refractivity contribution in [3.05, 3.63) is 16.1 Å². The Hall–Kier alpha value is -0.410. The third-order valence-corrected chi connectivity index (χ3v) is 3.60. The van der Waals surface area contributed by atoms with E-state index in [-0.39, 0.29) is 0 Å². The molecule has 0 aromatic carbocycles. The molecule has 0 bridgehead atoms. The van der Waals surface area contributed by atoms with Crippen molar-refractivity contribution >= 4 is 11.3 Å². The number of hydrogen-bond donors (Lipinski definition) is 1. The van der Waals surface area contributed by atoms with Gasteiger partial charge in [-0.05, 0) is 19.8 Å². The van der Waals surface area contributed by atoms with Gasteiger partial charge in [0, 0.05) is 29.6 Å². The second kappa shape index (κ2) is 5.61. The quantitative estimate of drug-likeness (QED) is 0.835. The summed E-state index contributed by atoms with van der Waals surface area (Å²) < 4.78 is 0. The maximum atomic E-state index is 4.50. The molecule has 2 nitrogen and oxygen atoms in total. The van der Waals surface area contributed by atoms with Crippen LogP contribution in [0.3, 0.4) is 0 Å². The molecule has 0 fully saturated rings. The number of rotatable bonds is 5. The van der Waals surface area contributed by atoms with Crippen molar-refractivity contribution in [1.82, 2.24) is 10.3 Å². The van der Waals surface area contributed by atoms with Crippen molar-refractivity contribution in [2.45, 2.75) is 53.1 Å². The van der Waals surface area contributed by atoms with E-state index in [1.54, 1.807) is 11.3 Å². The van der Waals surface area contributed by atoms with E-state index in [2.05, 4.69) is 50.3 Å². The summed E-state index contributed by atoms with van der Waals surface area (Å²) in [5, 5.41) is 6.94. The van der Waals surface area contributed by atoms with Gasteiger partial charge >= 0.3 is 0 Å². The summed E-state index contributed by atoms with van der Waals surface area (Å²) >= 11 is 1.78. The van der Waals surface area contributed by atoms with Crippen LogP contribution in [0.4, 0.5) is 0 Å². The molecule has 2 unspecified atom stereocenters. The molecule has 0 spiro atoms. The van der Waals surface area contributed by atoms with Crippen LogP contribution in [0, 0.1) is 12.8 Å². The molecule has 0 aliphatic rings. The second-order valence-electron chi connectivity index (χ2n) is 4.67. The van der Waals surface area contributed by atoms with Crippen LogP contribution in [-0.2, 0) is 6.42 Å². The molecular formula is C12H22N2S. The molecule has 0 aliphatic carbocycles. The van der Waals surface area contributed by atoms with Crippen LogP contribution in [0.1, 0.15) is 38.4 Å². The van der Waals surface area contributed by atoms with E-state index in [4.69, 9.17) is 0 Å². The van der Waals surface area contributed by atoms with Crippen molar-refractivity contribution in [3.8, 4) is 0 Å². The van der Waals surface area contributed by atoms with Gasteiger partial charge in [0.2, 0.25) is 0 Å². The van der Waals surface area contributed by atoms with Crippen molar-refractivity contribution in [2.24, 2.45) is 5.92 Å². The average molecular weight is 226 g/mol. The van der Waals surface area contributed by atoms with Crippen molar-refractivity contribution < 1.29 is 0 Å². The second-order valence-corrected chi connectivity index (χ2v) is 5.62. The fourth-order valence-electron chi connectivity index (χ4n) is 1.64. The average Bonchev–Trinajstić information content (AvgIpc) is 2.50. The monoisotopic (exact) mass is 226 g/mol. The molecule has 1 heterocycles. The lowest BCUT2D eigenvalue weighted by Gasteiger charge is -2.22. The highest BCUT2D eigenvalue weighted by Crippen LogP contribution is 2.16. The largest absolute Gasteiger partial charge is 0.312 e. The van der Waals surface area contributed by atoms with E-state index in [1.807, 2.05) is 0 Å². The lowest BCUT2D eigenvalue weighted by atomic mass is 9.99. The number of nitrogens with zero attached hydrogens (tertiary/aromatic N) is 1. The van der Waals surface area contributed by atoms with E-state index in [0.29, 0.717) is 18.0 Å². The van der Waals surface area contributed by atoms with Crippen LogP contribution in [0.25, 0.3) is 0 Å². The topological polar surface area (TPSA) is 24.9 Å². The van der Waals surface area contributed by atoms with Gasteiger partial charge in [0.15, 0.2) is 0 Å².